The summed E-state index contributed by atoms with van der Waals surface area (Å²) in [6.07, 6.45) is 2.15. The Kier molecular flexibility index (Phi) is 6.99. The van der Waals surface area contributed by atoms with Crippen LogP contribution < -0.4 is 10.6 Å². The molecule has 1 aromatic carbocycles. The largest absolute Gasteiger partial charge is 0.385 e. The molecule has 0 aromatic heterocycles. The minimum atomic E-state index is -0.383. The molecule has 5 heteroatoms. The number of carbonyl (C=O) groups is 1. The van der Waals surface area contributed by atoms with Crippen LogP contribution in [0.4, 0.5) is 5.69 Å². The van der Waals surface area contributed by atoms with Gasteiger partial charge in [0.15, 0.2) is 0 Å². The third-order valence-electron chi connectivity index (χ3n) is 2.93. The molecule has 0 fully saturated rings. The number of hydrogen-bond donors (Lipinski definition) is 2. The summed E-state index contributed by atoms with van der Waals surface area (Å²) in [4.78, 5) is 11.8. The fraction of sp³-hybridized carbons (Fsp3) is 0.375. The molecule has 112 valence electrons. The Labute approximate surface area is 125 Å². The smallest absolute Gasteiger partial charge is 0.263 e. The van der Waals surface area contributed by atoms with Crippen molar-refractivity contribution in [1.82, 2.24) is 5.32 Å². The highest BCUT2D eigenvalue weighted by Gasteiger charge is 2.08. The number of benzene rings is 1. The van der Waals surface area contributed by atoms with E-state index in [1.807, 2.05) is 38.1 Å². The molecule has 21 heavy (non-hydrogen) atoms. The maximum atomic E-state index is 11.8. The van der Waals surface area contributed by atoms with E-state index >= 15 is 0 Å². The Morgan fingerprint density at radius 1 is 1.43 bits per heavy atom. The topological polar surface area (TPSA) is 74.1 Å². The van der Waals surface area contributed by atoms with Crippen LogP contribution in [0.5, 0.6) is 0 Å². The van der Waals surface area contributed by atoms with Gasteiger partial charge in [0.2, 0.25) is 0 Å². The van der Waals surface area contributed by atoms with Crippen LogP contribution in [0.2, 0.25) is 0 Å². The van der Waals surface area contributed by atoms with Crippen LogP contribution in [0.1, 0.15) is 17.5 Å². The van der Waals surface area contributed by atoms with Crippen molar-refractivity contribution in [3.8, 4) is 6.07 Å². The van der Waals surface area contributed by atoms with Crippen molar-refractivity contribution in [3.05, 3.63) is 41.1 Å². The number of nitrogens with one attached hydrogen (secondary N) is 2. The van der Waals surface area contributed by atoms with Crippen molar-refractivity contribution < 1.29 is 9.53 Å². The zero-order valence-corrected chi connectivity index (χ0v) is 12.7. The molecule has 1 rings (SSSR count). The van der Waals surface area contributed by atoms with Gasteiger partial charge in [-0.15, -0.1) is 0 Å². The third-order valence-corrected chi connectivity index (χ3v) is 2.93. The van der Waals surface area contributed by atoms with Gasteiger partial charge in [-0.05, 0) is 31.9 Å². The van der Waals surface area contributed by atoms with E-state index < -0.39 is 0 Å². The fourth-order valence-corrected chi connectivity index (χ4v) is 1.79. The summed E-state index contributed by atoms with van der Waals surface area (Å²) in [6, 6.07) is 7.83. The highest BCUT2D eigenvalue weighted by Crippen LogP contribution is 2.16. The van der Waals surface area contributed by atoms with Gasteiger partial charge in [-0.25, -0.2) is 0 Å². The number of hydrogen-bond acceptors (Lipinski definition) is 4. The number of carbonyl (C=O) groups excluding carboxylic acids is 1. The van der Waals surface area contributed by atoms with Crippen LogP contribution in [0, 0.1) is 25.2 Å². The van der Waals surface area contributed by atoms with Crippen LogP contribution in [-0.4, -0.2) is 26.2 Å². The molecule has 1 aromatic rings. The van der Waals surface area contributed by atoms with Crippen molar-refractivity contribution >= 4 is 11.6 Å². The van der Waals surface area contributed by atoms with Crippen LogP contribution in [-0.2, 0) is 9.53 Å². The standard InChI is InChI=1S/C16H21N3O2/c1-12-5-6-15(13(2)9-12)19-11-14(10-17)16(20)18-7-4-8-21-3/h5-6,9,11,19H,4,7-8H2,1-3H3,(H,18,20)/b14-11-. The van der Waals surface area contributed by atoms with Gasteiger partial charge in [0, 0.05) is 32.1 Å². The van der Waals surface area contributed by atoms with E-state index in [0.717, 1.165) is 11.3 Å². The number of amides is 1. The summed E-state index contributed by atoms with van der Waals surface area (Å²) < 4.78 is 4.90. The minimum absolute atomic E-state index is 0.0485. The Morgan fingerprint density at radius 2 is 2.19 bits per heavy atom. The Morgan fingerprint density at radius 3 is 2.81 bits per heavy atom. The monoisotopic (exact) mass is 287 g/mol. The fourth-order valence-electron chi connectivity index (χ4n) is 1.79. The molecule has 0 aliphatic heterocycles. The molecule has 0 aliphatic rings. The summed E-state index contributed by atoms with van der Waals surface area (Å²) in [5.74, 6) is -0.383. The number of anilines is 1. The predicted octanol–water partition coefficient (Wildman–Crippen LogP) is 2.28. The van der Waals surface area contributed by atoms with Crippen LogP contribution >= 0.6 is 0 Å². The summed E-state index contributed by atoms with van der Waals surface area (Å²) in [6.45, 7) is 5.04. The number of aryl methyl sites for hydroxylation is 2. The van der Waals surface area contributed by atoms with Crippen molar-refractivity contribution in [1.29, 1.82) is 5.26 Å². The molecule has 0 spiro atoms. The van der Waals surface area contributed by atoms with Gasteiger partial charge in [-0.1, -0.05) is 17.7 Å². The second-order valence-corrected chi connectivity index (χ2v) is 4.73. The minimum Gasteiger partial charge on any atom is -0.385 e. The predicted molar refractivity (Wildman–Crippen MR) is 82.7 cm³/mol. The normalized spacial score (nSPS) is 10.9. The molecule has 0 aliphatic carbocycles. The lowest BCUT2D eigenvalue weighted by Gasteiger charge is -2.07. The average Bonchev–Trinajstić information content (AvgIpc) is 2.46. The zero-order chi connectivity index (χ0) is 15.7. The SMILES string of the molecule is COCCCNC(=O)/C(C#N)=C\Nc1ccc(C)cc1C. The van der Waals surface area contributed by atoms with Crippen LogP contribution in [0.3, 0.4) is 0 Å². The van der Waals surface area contributed by atoms with Gasteiger partial charge < -0.3 is 15.4 Å². The van der Waals surface area contributed by atoms with E-state index in [1.54, 1.807) is 7.11 Å². The maximum Gasteiger partial charge on any atom is 0.263 e. The van der Waals surface area contributed by atoms with Gasteiger partial charge in [-0.3, -0.25) is 4.79 Å². The van der Waals surface area contributed by atoms with E-state index in [1.165, 1.54) is 11.8 Å². The molecule has 0 heterocycles. The maximum absolute atomic E-state index is 11.8. The molecule has 0 radical (unpaired) electrons. The second-order valence-electron chi connectivity index (χ2n) is 4.73. The average molecular weight is 287 g/mol. The highest BCUT2D eigenvalue weighted by molar-refractivity contribution is 5.97. The first-order valence-corrected chi connectivity index (χ1v) is 6.79. The quantitative estimate of drug-likeness (QED) is 0.458. The molecule has 0 unspecified atom stereocenters. The van der Waals surface area contributed by atoms with E-state index in [2.05, 4.69) is 10.6 Å². The van der Waals surface area contributed by atoms with E-state index in [4.69, 9.17) is 10.00 Å². The molecule has 0 atom stereocenters. The van der Waals surface area contributed by atoms with Crippen molar-refractivity contribution in [3.63, 3.8) is 0 Å². The van der Waals surface area contributed by atoms with Crippen molar-refractivity contribution in [2.45, 2.75) is 20.3 Å². The molecule has 0 bridgehead atoms. The van der Waals surface area contributed by atoms with Crippen LogP contribution in [0.25, 0.3) is 0 Å². The Hall–Kier alpha value is -2.32. The summed E-state index contributed by atoms with van der Waals surface area (Å²) in [7, 11) is 1.61. The first-order valence-electron chi connectivity index (χ1n) is 6.79. The molecule has 2 N–H and O–H groups in total. The van der Waals surface area contributed by atoms with Crippen molar-refractivity contribution in [2.75, 3.05) is 25.6 Å². The number of methoxy groups -OCH3 is 1. The number of ether oxygens (including phenoxy) is 1. The van der Waals surface area contributed by atoms with Gasteiger partial charge in [0.25, 0.3) is 5.91 Å². The van der Waals surface area contributed by atoms with E-state index in [9.17, 15) is 4.79 Å². The third kappa shape index (κ3) is 5.67. The Bertz CT molecular complexity index is 559. The van der Waals surface area contributed by atoms with Gasteiger partial charge >= 0.3 is 0 Å². The molecular formula is C16H21N3O2. The highest BCUT2D eigenvalue weighted by atomic mass is 16.5. The zero-order valence-electron chi connectivity index (χ0n) is 12.7. The van der Waals surface area contributed by atoms with E-state index in [-0.39, 0.29) is 11.5 Å². The van der Waals surface area contributed by atoms with Crippen LogP contribution in [0.15, 0.2) is 30.0 Å². The number of rotatable bonds is 7. The molecule has 0 saturated heterocycles. The summed E-state index contributed by atoms with van der Waals surface area (Å²) >= 11 is 0. The van der Waals surface area contributed by atoms with Crippen molar-refractivity contribution in [2.24, 2.45) is 0 Å². The first-order chi connectivity index (χ1) is 10.1. The summed E-state index contributed by atoms with van der Waals surface area (Å²) in [5, 5.41) is 14.7. The lowest BCUT2D eigenvalue weighted by molar-refractivity contribution is -0.117. The summed E-state index contributed by atoms with van der Waals surface area (Å²) in [5.41, 5.74) is 3.15. The lowest BCUT2D eigenvalue weighted by Crippen LogP contribution is -2.26. The van der Waals surface area contributed by atoms with Gasteiger partial charge in [0.1, 0.15) is 11.6 Å². The molecular weight excluding hydrogens is 266 g/mol. The van der Waals surface area contributed by atoms with E-state index in [0.29, 0.717) is 19.6 Å². The molecule has 0 saturated carbocycles. The lowest BCUT2D eigenvalue weighted by atomic mass is 10.1. The molecule has 1 amide bonds. The first kappa shape index (κ1) is 16.7. The van der Waals surface area contributed by atoms with Gasteiger partial charge in [0.05, 0.1) is 0 Å². The number of nitriles is 1. The van der Waals surface area contributed by atoms with Gasteiger partial charge in [-0.2, -0.15) is 5.26 Å². The number of nitrogens with zero attached hydrogens (tertiary/aromatic N) is 1. The Balaban J connectivity index is 2.63. The second kappa shape index (κ2) is 8.77. The molecule has 5 nitrogen and oxygen atoms in total.